The van der Waals surface area contributed by atoms with Crippen LogP contribution in [0.2, 0.25) is 0 Å². The fourth-order valence-electron chi connectivity index (χ4n) is 2.95. The van der Waals surface area contributed by atoms with Gasteiger partial charge in [-0.2, -0.15) is 0 Å². The lowest BCUT2D eigenvalue weighted by atomic mass is 9.97. The van der Waals surface area contributed by atoms with Crippen molar-refractivity contribution in [3.05, 3.63) is 47.0 Å². The first-order valence-electron chi connectivity index (χ1n) is 7.70. The molecule has 4 heteroatoms. The summed E-state index contributed by atoms with van der Waals surface area (Å²) in [6.45, 7) is 3.29. The molecule has 4 nitrogen and oxygen atoms in total. The molecule has 2 aliphatic rings. The van der Waals surface area contributed by atoms with Gasteiger partial charge < -0.3 is 15.4 Å². The van der Waals surface area contributed by atoms with E-state index >= 15 is 0 Å². The second-order valence-electron chi connectivity index (χ2n) is 5.56. The number of hydrogen-bond acceptors (Lipinski definition) is 3. The number of carbonyl (C=O) groups is 1. The summed E-state index contributed by atoms with van der Waals surface area (Å²) in [5, 5.41) is 6.31. The van der Waals surface area contributed by atoms with Crippen LogP contribution in [0.5, 0.6) is 0 Å². The zero-order valence-electron chi connectivity index (χ0n) is 12.2. The van der Waals surface area contributed by atoms with Crippen molar-refractivity contribution in [2.45, 2.75) is 25.4 Å². The molecule has 0 aliphatic carbocycles. The maximum absolute atomic E-state index is 12.3. The van der Waals surface area contributed by atoms with Gasteiger partial charge in [-0.05, 0) is 36.9 Å². The molecule has 1 amide bonds. The minimum Gasteiger partial charge on any atom is -0.363 e. The zero-order valence-corrected chi connectivity index (χ0v) is 12.2. The van der Waals surface area contributed by atoms with E-state index in [1.807, 2.05) is 18.2 Å². The van der Waals surface area contributed by atoms with Gasteiger partial charge in [0.1, 0.15) is 0 Å². The number of fused-ring (bicyclic) bond motifs is 1. The van der Waals surface area contributed by atoms with Crippen molar-refractivity contribution >= 4 is 5.91 Å². The summed E-state index contributed by atoms with van der Waals surface area (Å²) in [7, 11) is 0. The third-order valence-corrected chi connectivity index (χ3v) is 4.13. The molecule has 0 fully saturated rings. The third-order valence-electron chi connectivity index (χ3n) is 4.13. The Balaban J connectivity index is 1.55. The molecule has 1 aromatic rings. The molecule has 1 atom stereocenters. The van der Waals surface area contributed by atoms with E-state index in [-0.39, 0.29) is 5.91 Å². The molecular weight excluding hydrogens is 264 g/mol. The van der Waals surface area contributed by atoms with Crippen LogP contribution in [0.25, 0.3) is 0 Å². The average Bonchev–Trinajstić information content (AvgIpc) is 2.55. The lowest BCUT2D eigenvalue weighted by molar-refractivity contribution is -0.134. The van der Waals surface area contributed by atoms with Crippen LogP contribution in [-0.4, -0.2) is 32.1 Å². The lowest BCUT2D eigenvalue weighted by Crippen LogP contribution is -2.34. The highest BCUT2D eigenvalue weighted by atomic mass is 16.5. The molecule has 0 saturated carbocycles. The number of nitrogens with one attached hydrogen (secondary N) is 2. The molecule has 2 N–H and O–H groups in total. The summed E-state index contributed by atoms with van der Waals surface area (Å²) in [6, 6.07) is 8.06. The number of amides is 1. The van der Waals surface area contributed by atoms with Gasteiger partial charge in [0.05, 0.1) is 6.61 Å². The first-order valence-corrected chi connectivity index (χ1v) is 7.70. The number of ether oxygens (including phenoxy) is 1. The minimum atomic E-state index is -0.447. The zero-order chi connectivity index (χ0) is 14.5. The number of carbonyl (C=O) groups excluding carboxylic acids is 1. The number of rotatable bonds is 4. The van der Waals surface area contributed by atoms with Gasteiger partial charge in [0.25, 0.3) is 5.91 Å². The summed E-state index contributed by atoms with van der Waals surface area (Å²) in [5.41, 5.74) is 3.67. The van der Waals surface area contributed by atoms with Crippen LogP contribution < -0.4 is 10.6 Å². The van der Waals surface area contributed by atoms with Gasteiger partial charge in [-0.1, -0.05) is 35.9 Å². The fraction of sp³-hybridized carbons (Fsp3) is 0.471. The molecule has 21 heavy (non-hydrogen) atoms. The van der Waals surface area contributed by atoms with Crippen LogP contribution in [0, 0.1) is 0 Å². The summed E-state index contributed by atoms with van der Waals surface area (Å²) < 4.78 is 5.67. The second kappa shape index (κ2) is 6.87. The monoisotopic (exact) mass is 286 g/mol. The Morgan fingerprint density at radius 2 is 2.24 bits per heavy atom. The van der Waals surface area contributed by atoms with E-state index in [1.54, 1.807) is 0 Å². The summed E-state index contributed by atoms with van der Waals surface area (Å²) in [6.07, 6.45) is 4.68. The molecule has 0 aromatic heterocycles. The molecule has 0 spiro atoms. The summed E-state index contributed by atoms with van der Waals surface area (Å²) >= 11 is 0. The first kappa shape index (κ1) is 14.3. The second-order valence-corrected chi connectivity index (χ2v) is 5.56. The number of benzene rings is 1. The molecule has 2 heterocycles. The van der Waals surface area contributed by atoms with Gasteiger partial charge in [0.2, 0.25) is 0 Å². The molecule has 112 valence electrons. The van der Waals surface area contributed by atoms with Gasteiger partial charge in [0, 0.05) is 13.1 Å². The van der Waals surface area contributed by atoms with Crippen molar-refractivity contribution in [1.29, 1.82) is 0 Å². The van der Waals surface area contributed by atoms with Crippen LogP contribution in [0.3, 0.4) is 0 Å². The van der Waals surface area contributed by atoms with Crippen LogP contribution in [0.1, 0.15) is 30.1 Å². The van der Waals surface area contributed by atoms with Crippen molar-refractivity contribution < 1.29 is 9.53 Å². The topological polar surface area (TPSA) is 50.4 Å². The van der Waals surface area contributed by atoms with Crippen LogP contribution >= 0.6 is 0 Å². The molecule has 3 rings (SSSR count). The van der Waals surface area contributed by atoms with E-state index in [9.17, 15) is 4.79 Å². The van der Waals surface area contributed by atoms with E-state index in [0.29, 0.717) is 13.2 Å². The molecule has 1 aromatic carbocycles. The van der Waals surface area contributed by atoms with Crippen molar-refractivity contribution in [2.75, 3.05) is 26.2 Å². The standard InChI is InChI=1S/C17H22N2O2/c20-17(19-11-7-13-5-9-18-10-6-13)16-15-4-2-1-3-14(15)8-12-21-16/h1-5,16,18H,6-12H2,(H,19,20). The van der Waals surface area contributed by atoms with Gasteiger partial charge in [0.15, 0.2) is 6.10 Å². The van der Waals surface area contributed by atoms with Crippen molar-refractivity contribution in [3.8, 4) is 0 Å². The predicted octanol–water partition coefficient (Wildman–Crippen LogP) is 1.73. The fourth-order valence-corrected chi connectivity index (χ4v) is 2.95. The quantitative estimate of drug-likeness (QED) is 0.829. The largest absolute Gasteiger partial charge is 0.363 e. The smallest absolute Gasteiger partial charge is 0.253 e. The van der Waals surface area contributed by atoms with Gasteiger partial charge in [-0.25, -0.2) is 0 Å². The molecule has 2 aliphatic heterocycles. The van der Waals surface area contributed by atoms with Crippen LogP contribution in [0.15, 0.2) is 35.9 Å². The van der Waals surface area contributed by atoms with Crippen LogP contribution in [0.4, 0.5) is 0 Å². The van der Waals surface area contributed by atoms with E-state index in [4.69, 9.17) is 4.74 Å². The highest BCUT2D eigenvalue weighted by Gasteiger charge is 2.26. The van der Waals surface area contributed by atoms with E-state index in [1.165, 1.54) is 11.1 Å². The Morgan fingerprint density at radius 1 is 1.33 bits per heavy atom. The van der Waals surface area contributed by atoms with E-state index in [0.717, 1.165) is 37.9 Å². The van der Waals surface area contributed by atoms with Gasteiger partial charge in [-0.15, -0.1) is 0 Å². The Bertz CT molecular complexity index is 539. The van der Waals surface area contributed by atoms with Crippen molar-refractivity contribution in [3.63, 3.8) is 0 Å². The lowest BCUT2D eigenvalue weighted by Gasteiger charge is -2.25. The van der Waals surface area contributed by atoms with Gasteiger partial charge >= 0.3 is 0 Å². The Morgan fingerprint density at radius 3 is 3.10 bits per heavy atom. The Hall–Kier alpha value is -1.65. The summed E-state index contributed by atoms with van der Waals surface area (Å²) in [4.78, 5) is 12.3. The average molecular weight is 286 g/mol. The maximum Gasteiger partial charge on any atom is 0.253 e. The SMILES string of the molecule is O=C(NCCC1=CCNCC1)C1OCCc2ccccc21. The highest BCUT2D eigenvalue weighted by molar-refractivity contribution is 5.82. The molecular formula is C17H22N2O2. The van der Waals surface area contributed by atoms with Crippen molar-refractivity contribution in [2.24, 2.45) is 0 Å². The molecule has 0 saturated heterocycles. The molecule has 1 unspecified atom stereocenters. The third kappa shape index (κ3) is 3.52. The number of hydrogen-bond donors (Lipinski definition) is 2. The Kier molecular flexibility index (Phi) is 4.68. The normalized spacial score (nSPS) is 21.3. The highest BCUT2D eigenvalue weighted by Crippen LogP contribution is 2.26. The summed E-state index contributed by atoms with van der Waals surface area (Å²) in [5.74, 6) is -0.0170. The predicted molar refractivity (Wildman–Crippen MR) is 82.0 cm³/mol. The minimum absolute atomic E-state index is 0.0170. The molecule has 0 bridgehead atoms. The Labute approximate surface area is 125 Å². The van der Waals surface area contributed by atoms with E-state index < -0.39 is 6.10 Å². The first-order chi connectivity index (χ1) is 10.3. The van der Waals surface area contributed by atoms with E-state index in [2.05, 4.69) is 22.8 Å². The van der Waals surface area contributed by atoms with Crippen LogP contribution in [-0.2, 0) is 16.0 Å². The van der Waals surface area contributed by atoms with Gasteiger partial charge in [-0.3, -0.25) is 4.79 Å². The molecule has 0 radical (unpaired) electrons. The maximum atomic E-state index is 12.3. The van der Waals surface area contributed by atoms with Crippen molar-refractivity contribution in [1.82, 2.24) is 10.6 Å².